The van der Waals surface area contributed by atoms with Crippen LogP contribution in [-0.4, -0.2) is 56.5 Å². The maximum absolute atomic E-state index is 12.4. The first-order chi connectivity index (χ1) is 9.47. The minimum absolute atomic E-state index is 0.165. The molecule has 1 N–H and O–H groups in total. The maximum Gasteiger partial charge on any atom is 0.407 e. The summed E-state index contributed by atoms with van der Waals surface area (Å²) in [6, 6.07) is 0. The van der Waals surface area contributed by atoms with E-state index in [0.717, 1.165) is 5.69 Å². The molecule has 0 aliphatic carbocycles. The Bertz CT molecular complexity index is 582. The summed E-state index contributed by atoms with van der Waals surface area (Å²) in [6.07, 6.45) is -0.606. The van der Waals surface area contributed by atoms with Crippen molar-refractivity contribution in [2.24, 2.45) is 0 Å². The predicted octanol–water partition coefficient (Wildman–Crippen LogP) is 0.325. The summed E-state index contributed by atoms with van der Waals surface area (Å²) >= 11 is 0. The highest BCUT2D eigenvalue weighted by atomic mass is 16.7. The second-order valence-electron chi connectivity index (χ2n) is 5.13. The van der Waals surface area contributed by atoms with Gasteiger partial charge >= 0.3 is 6.09 Å². The van der Waals surface area contributed by atoms with E-state index in [1.54, 1.807) is 11.7 Å². The number of carbonyl (C=O) groups is 2. The number of nitrogens with zero attached hydrogens (tertiary/aromatic N) is 4. The molecule has 0 aromatic carbocycles. The molecule has 0 saturated heterocycles. The van der Waals surface area contributed by atoms with Crippen LogP contribution in [0, 0.1) is 0 Å². The number of carboxylic acid groups (broad SMARTS) is 1. The van der Waals surface area contributed by atoms with Crippen LogP contribution in [0.1, 0.15) is 28.7 Å². The summed E-state index contributed by atoms with van der Waals surface area (Å²) in [4.78, 5) is 30.2. The topological polar surface area (TPSA) is 87.9 Å². The molecule has 1 atom stereocenters. The van der Waals surface area contributed by atoms with Gasteiger partial charge in [-0.2, -0.15) is 5.10 Å². The summed E-state index contributed by atoms with van der Waals surface area (Å²) in [6.45, 7) is 2.96. The highest BCUT2D eigenvalue weighted by molar-refractivity contribution is 5.93. The predicted molar refractivity (Wildman–Crippen MR) is 67.0 cm³/mol. The average Bonchev–Trinajstić information content (AvgIpc) is 2.68. The van der Waals surface area contributed by atoms with E-state index in [4.69, 9.17) is 9.94 Å². The van der Waals surface area contributed by atoms with Crippen LogP contribution in [0.2, 0.25) is 0 Å². The van der Waals surface area contributed by atoms with Gasteiger partial charge in [0.05, 0.1) is 18.8 Å². The smallest absolute Gasteiger partial charge is 0.407 e. The lowest BCUT2D eigenvalue weighted by molar-refractivity contribution is -0.141. The van der Waals surface area contributed by atoms with Crippen LogP contribution in [0.15, 0.2) is 0 Å². The largest absolute Gasteiger partial charge is 0.465 e. The first-order valence-electron chi connectivity index (χ1n) is 6.48. The highest BCUT2D eigenvalue weighted by Gasteiger charge is 2.34. The summed E-state index contributed by atoms with van der Waals surface area (Å²) in [5, 5.41) is 14.7. The van der Waals surface area contributed by atoms with E-state index >= 15 is 0 Å². The molecule has 2 amide bonds. The Labute approximate surface area is 115 Å². The van der Waals surface area contributed by atoms with Gasteiger partial charge in [-0.1, -0.05) is 0 Å². The van der Waals surface area contributed by atoms with Gasteiger partial charge < -0.3 is 10.0 Å². The number of hydrogen-bond acceptors (Lipinski definition) is 4. The number of amides is 2. The lowest BCUT2D eigenvalue weighted by Gasteiger charge is -2.24. The fourth-order valence-electron chi connectivity index (χ4n) is 2.70. The van der Waals surface area contributed by atoms with Crippen LogP contribution < -0.4 is 0 Å². The van der Waals surface area contributed by atoms with Gasteiger partial charge in [0.15, 0.2) is 0 Å². The third kappa shape index (κ3) is 1.92. The zero-order valence-electron chi connectivity index (χ0n) is 11.4. The van der Waals surface area contributed by atoms with Crippen molar-refractivity contribution in [1.29, 1.82) is 0 Å². The van der Waals surface area contributed by atoms with Crippen molar-refractivity contribution in [1.82, 2.24) is 19.7 Å². The van der Waals surface area contributed by atoms with Crippen molar-refractivity contribution in [2.75, 3.05) is 13.6 Å². The van der Waals surface area contributed by atoms with Crippen molar-refractivity contribution < 1.29 is 19.5 Å². The molecule has 1 aromatic heterocycles. The first kappa shape index (κ1) is 12.9. The minimum atomic E-state index is -0.977. The van der Waals surface area contributed by atoms with Crippen LogP contribution >= 0.6 is 0 Å². The van der Waals surface area contributed by atoms with E-state index in [-0.39, 0.29) is 18.6 Å². The van der Waals surface area contributed by atoms with Crippen LogP contribution in [0.5, 0.6) is 0 Å². The Morgan fingerprint density at radius 3 is 2.95 bits per heavy atom. The lowest BCUT2D eigenvalue weighted by atomic mass is 10.1. The van der Waals surface area contributed by atoms with Gasteiger partial charge in [0.25, 0.3) is 5.91 Å². The van der Waals surface area contributed by atoms with E-state index in [1.165, 1.54) is 9.96 Å². The van der Waals surface area contributed by atoms with Crippen molar-refractivity contribution in [2.45, 2.75) is 32.5 Å². The zero-order valence-corrected chi connectivity index (χ0v) is 11.4. The Hall–Kier alpha value is -2.09. The van der Waals surface area contributed by atoms with Gasteiger partial charge in [0.2, 0.25) is 0 Å². The van der Waals surface area contributed by atoms with Gasteiger partial charge in [0.1, 0.15) is 11.8 Å². The molecule has 3 heterocycles. The van der Waals surface area contributed by atoms with E-state index in [9.17, 15) is 9.59 Å². The maximum atomic E-state index is 12.4. The van der Waals surface area contributed by atoms with Crippen LogP contribution in [0.4, 0.5) is 4.79 Å². The molecule has 3 rings (SSSR count). The average molecular weight is 280 g/mol. The number of aromatic nitrogens is 2. The molecule has 0 saturated carbocycles. The minimum Gasteiger partial charge on any atom is -0.465 e. The van der Waals surface area contributed by atoms with E-state index in [2.05, 4.69) is 5.10 Å². The number of hydrogen-bond donors (Lipinski definition) is 1. The number of fused-ring (bicyclic) bond motifs is 3. The molecule has 2 aliphatic rings. The number of hydroxylamine groups is 2. The molecule has 0 radical (unpaired) electrons. The normalized spacial score (nSPS) is 22.3. The third-order valence-electron chi connectivity index (χ3n) is 3.63. The van der Waals surface area contributed by atoms with Crippen LogP contribution in [0.25, 0.3) is 0 Å². The van der Waals surface area contributed by atoms with Gasteiger partial charge in [0, 0.05) is 25.6 Å². The quantitative estimate of drug-likeness (QED) is 0.739. The molecule has 0 spiro atoms. The monoisotopic (exact) mass is 280 g/mol. The van der Waals surface area contributed by atoms with Gasteiger partial charge in [-0.05, 0) is 6.92 Å². The summed E-state index contributed by atoms with van der Waals surface area (Å²) in [5.41, 5.74) is 1.96. The molecular weight excluding hydrogens is 264 g/mol. The van der Waals surface area contributed by atoms with Crippen molar-refractivity contribution in [3.8, 4) is 0 Å². The Kier molecular flexibility index (Phi) is 2.89. The standard InChI is InChI=1S/C12H16N4O4/c1-7-5-16-10(11(17)14(2)20-7)8-6-15(12(18)19)4-3-9(8)13-16/h7H,3-6H2,1-2H3,(H,18,19). The van der Waals surface area contributed by atoms with Gasteiger partial charge in [-0.3, -0.25) is 14.3 Å². The van der Waals surface area contributed by atoms with Crippen LogP contribution in [0.3, 0.4) is 0 Å². The molecule has 20 heavy (non-hydrogen) atoms. The molecule has 1 unspecified atom stereocenters. The van der Waals surface area contributed by atoms with E-state index < -0.39 is 6.09 Å². The second-order valence-corrected chi connectivity index (χ2v) is 5.13. The number of rotatable bonds is 0. The zero-order chi connectivity index (χ0) is 14.4. The lowest BCUT2D eigenvalue weighted by Crippen LogP contribution is -2.36. The molecule has 0 fully saturated rings. The fourth-order valence-corrected chi connectivity index (χ4v) is 2.70. The fraction of sp³-hybridized carbons (Fsp3) is 0.583. The molecule has 2 aliphatic heterocycles. The van der Waals surface area contributed by atoms with Crippen LogP contribution in [-0.2, 0) is 24.3 Å². The summed E-state index contributed by atoms with van der Waals surface area (Å²) < 4.78 is 1.65. The Balaban J connectivity index is 2.05. The molecule has 0 bridgehead atoms. The SMILES string of the molecule is CC1Cn2nc3c(c2C(=O)N(C)O1)CN(C(=O)O)CC3. The van der Waals surface area contributed by atoms with E-state index in [0.29, 0.717) is 30.8 Å². The van der Waals surface area contributed by atoms with Crippen molar-refractivity contribution >= 4 is 12.0 Å². The van der Waals surface area contributed by atoms with Crippen molar-refractivity contribution in [3.63, 3.8) is 0 Å². The van der Waals surface area contributed by atoms with E-state index in [1.807, 2.05) is 6.92 Å². The molecule has 8 heteroatoms. The van der Waals surface area contributed by atoms with Crippen molar-refractivity contribution in [3.05, 3.63) is 17.0 Å². The molecular formula is C12H16N4O4. The number of carbonyl (C=O) groups excluding carboxylic acids is 1. The second kappa shape index (κ2) is 4.48. The highest BCUT2D eigenvalue weighted by Crippen LogP contribution is 2.25. The Morgan fingerprint density at radius 2 is 2.25 bits per heavy atom. The van der Waals surface area contributed by atoms with Gasteiger partial charge in [-0.15, -0.1) is 0 Å². The Morgan fingerprint density at radius 1 is 1.50 bits per heavy atom. The molecule has 108 valence electrons. The third-order valence-corrected chi connectivity index (χ3v) is 3.63. The van der Waals surface area contributed by atoms with Gasteiger partial charge in [-0.25, -0.2) is 9.86 Å². The first-order valence-corrected chi connectivity index (χ1v) is 6.48. The summed E-state index contributed by atoms with van der Waals surface area (Å²) in [7, 11) is 1.56. The summed E-state index contributed by atoms with van der Waals surface area (Å²) in [5.74, 6) is -0.282. The molecule has 1 aromatic rings. The molecule has 8 nitrogen and oxygen atoms in total.